The van der Waals surface area contributed by atoms with Crippen molar-refractivity contribution in [3.8, 4) is 0 Å². The third-order valence-electron chi connectivity index (χ3n) is 2.10. The first-order chi connectivity index (χ1) is 8.35. The molecule has 1 heterocycles. The van der Waals surface area contributed by atoms with Crippen LogP contribution in [0.25, 0.3) is 0 Å². The number of methoxy groups -OCH3 is 1. The SMILES string of the molecule is CNc1cc(N(C)CC(F)(F)F)nc(COC)n1. The smallest absolute Gasteiger partial charge is 0.377 e. The Morgan fingerprint density at radius 3 is 2.56 bits per heavy atom. The molecule has 1 rings (SSSR count). The van der Waals surface area contributed by atoms with Crippen LogP contribution < -0.4 is 10.2 Å². The lowest BCUT2D eigenvalue weighted by atomic mass is 10.4. The predicted molar refractivity (Wildman–Crippen MR) is 61.6 cm³/mol. The number of anilines is 2. The lowest BCUT2D eigenvalue weighted by molar-refractivity contribution is -0.119. The van der Waals surface area contributed by atoms with Crippen LogP contribution >= 0.6 is 0 Å². The highest BCUT2D eigenvalue weighted by atomic mass is 19.4. The van der Waals surface area contributed by atoms with Gasteiger partial charge in [-0.3, -0.25) is 0 Å². The van der Waals surface area contributed by atoms with Gasteiger partial charge in [0.15, 0.2) is 5.82 Å². The van der Waals surface area contributed by atoms with Crippen LogP contribution in [-0.4, -0.2) is 43.9 Å². The monoisotopic (exact) mass is 264 g/mol. The molecule has 0 fully saturated rings. The summed E-state index contributed by atoms with van der Waals surface area (Å²) in [5, 5.41) is 2.77. The summed E-state index contributed by atoms with van der Waals surface area (Å²) in [6, 6.07) is 1.45. The molecule has 0 atom stereocenters. The highest BCUT2D eigenvalue weighted by Crippen LogP contribution is 2.21. The number of aromatic nitrogens is 2. The maximum Gasteiger partial charge on any atom is 0.405 e. The van der Waals surface area contributed by atoms with Crippen molar-refractivity contribution >= 4 is 11.6 Å². The molecule has 0 aliphatic heterocycles. The molecule has 0 saturated heterocycles. The molecular formula is C10H15F3N4O. The number of rotatable bonds is 5. The Kier molecular flexibility index (Phi) is 4.71. The van der Waals surface area contributed by atoms with Gasteiger partial charge < -0.3 is 15.0 Å². The largest absolute Gasteiger partial charge is 0.405 e. The second kappa shape index (κ2) is 5.85. The number of halogens is 3. The molecule has 0 saturated carbocycles. The topological polar surface area (TPSA) is 50.3 Å². The van der Waals surface area contributed by atoms with Gasteiger partial charge in [0.05, 0.1) is 0 Å². The maximum atomic E-state index is 12.3. The van der Waals surface area contributed by atoms with Gasteiger partial charge >= 0.3 is 6.18 Å². The highest BCUT2D eigenvalue weighted by molar-refractivity contribution is 5.48. The summed E-state index contributed by atoms with van der Waals surface area (Å²) in [5.74, 6) is 0.966. The lowest BCUT2D eigenvalue weighted by Crippen LogP contribution is -2.31. The van der Waals surface area contributed by atoms with E-state index >= 15 is 0 Å². The average molecular weight is 264 g/mol. The Morgan fingerprint density at radius 2 is 2.06 bits per heavy atom. The lowest BCUT2D eigenvalue weighted by Gasteiger charge is -2.20. The molecule has 0 unspecified atom stereocenters. The Bertz CT molecular complexity index is 397. The van der Waals surface area contributed by atoms with Crippen LogP contribution in [-0.2, 0) is 11.3 Å². The van der Waals surface area contributed by atoms with Crippen LogP contribution in [0.4, 0.5) is 24.8 Å². The zero-order valence-electron chi connectivity index (χ0n) is 10.4. The van der Waals surface area contributed by atoms with Crippen LogP contribution in [0.5, 0.6) is 0 Å². The van der Waals surface area contributed by atoms with Crippen molar-refractivity contribution in [3.05, 3.63) is 11.9 Å². The van der Waals surface area contributed by atoms with E-state index in [9.17, 15) is 13.2 Å². The first-order valence-electron chi connectivity index (χ1n) is 5.18. The van der Waals surface area contributed by atoms with Crippen molar-refractivity contribution in [2.75, 3.05) is 38.0 Å². The molecule has 0 radical (unpaired) electrons. The highest BCUT2D eigenvalue weighted by Gasteiger charge is 2.30. The van der Waals surface area contributed by atoms with Gasteiger partial charge in [-0.15, -0.1) is 0 Å². The van der Waals surface area contributed by atoms with E-state index in [1.54, 1.807) is 7.05 Å². The first kappa shape index (κ1) is 14.5. The van der Waals surface area contributed by atoms with Crippen LogP contribution in [0.15, 0.2) is 6.07 Å². The fourth-order valence-corrected chi connectivity index (χ4v) is 1.35. The third-order valence-corrected chi connectivity index (χ3v) is 2.10. The predicted octanol–water partition coefficient (Wildman–Crippen LogP) is 1.66. The van der Waals surface area contributed by atoms with Crippen molar-refractivity contribution in [2.24, 2.45) is 0 Å². The van der Waals surface area contributed by atoms with Crippen molar-refractivity contribution in [3.63, 3.8) is 0 Å². The maximum absolute atomic E-state index is 12.3. The van der Waals surface area contributed by atoms with E-state index < -0.39 is 12.7 Å². The summed E-state index contributed by atoms with van der Waals surface area (Å²) >= 11 is 0. The van der Waals surface area contributed by atoms with Crippen LogP contribution in [0.1, 0.15) is 5.82 Å². The molecule has 0 bridgehead atoms. The Labute approximate surface area is 103 Å². The van der Waals surface area contributed by atoms with Crippen LogP contribution in [0, 0.1) is 0 Å². The Morgan fingerprint density at radius 1 is 1.39 bits per heavy atom. The fourth-order valence-electron chi connectivity index (χ4n) is 1.35. The summed E-state index contributed by atoms with van der Waals surface area (Å²) in [6.45, 7) is -0.929. The number of hydrogen-bond donors (Lipinski definition) is 1. The number of alkyl halides is 3. The zero-order chi connectivity index (χ0) is 13.8. The van der Waals surface area contributed by atoms with Gasteiger partial charge in [0.1, 0.15) is 24.8 Å². The van der Waals surface area contributed by atoms with E-state index in [4.69, 9.17) is 4.74 Å². The summed E-state index contributed by atoms with van der Waals surface area (Å²) in [7, 11) is 4.42. The molecule has 5 nitrogen and oxygen atoms in total. The van der Waals surface area contributed by atoms with Crippen molar-refractivity contribution in [1.29, 1.82) is 0 Å². The van der Waals surface area contributed by atoms with Gasteiger partial charge in [-0.25, -0.2) is 9.97 Å². The van der Waals surface area contributed by atoms with E-state index in [-0.39, 0.29) is 12.4 Å². The Hall–Kier alpha value is -1.57. The molecule has 8 heteroatoms. The molecule has 0 spiro atoms. The third kappa shape index (κ3) is 4.36. The van der Waals surface area contributed by atoms with Gasteiger partial charge in [0.2, 0.25) is 0 Å². The van der Waals surface area contributed by atoms with E-state index in [1.807, 2.05) is 0 Å². The van der Waals surface area contributed by atoms with Gasteiger partial charge in [-0.05, 0) is 0 Å². The van der Waals surface area contributed by atoms with E-state index in [2.05, 4.69) is 15.3 Å². The minimum atomic E-state index is -4.28. The molecule has 0 aromatic carbocycles. The zero-order valence-corrected chi connectivity index (χ0v) is 10.4. The number of ether oxygens (including phenoxy) is 1. The molecule has 102 valence electrons. The van der Waals surface area contributed by atoms with Gasteiger partial charge in [0, 0.05) is 27.3 Å². The minimum absolute atomic E-state index is 0.141. The van der Waals surface area contributed by atoms with E-state index in [0.717, 1.165) is 4.90 Å². The minimum Gasteiger partial charge on any atom is -0.377 e. The molecule has 0 aliphatic carbocycles. The molecule has 0 amide bonds. The molecule has 1 aromatic rings. The standard InChI is InChI=1S/C10H15F3N4O/c1-14-7-4-9(16-8(15-7)5-18-3)17(2)6-10(11,12)13/h4H,5-6H2,1-3H3,(H,14,15,16). The van der Waals surface area contributed by atoms with Crippen molar-refractivity contribution in [1.82, 2.24) is 9.97 Å². The summed E-state index contributed by atoms with van der Waals surface area (Å²) in [6.07, 6.45) is -4.28. The Balaban J connectivity index is 2.96. The van der Waals surface area contributed by atoms with Gasteiger partial charge in [-0.2, -0.15) is 13.2 Å². The van der Waals surface area contributed by atoms with Crippen molar-refractivity contribution in [2.45, 2.75) is 12.8 Å². The number of nitrogens with zero attached hydrogens (tertiary/aromatic N) is 3. The molecule has 18 heavy (non-hydrogen) atoms. The van der Waals surface area contributed by atoms with Gasteiger partial charge in [-0.1, -0.05) is 0 Å². The molecule has 0 aliphatic rings. The van der Waals surface area contributed by atoms with Crippen LogP contribution in [0.3, 0.4) is 0 Å². The van der Waals surface area contributed by atoms with Gasteiger partial charge in [0.25, 0.3) is 0 Å². The fraction of sp³-hybridized carbons (Fsp3) is 0.600. The molecule has 1 N–H and O–H groups in total. The summed E-state index contributed by atoms with van der Waals surface area (Å²) in [5.41, 5.74) is 0. The number of hydrogen-bond acceptors (Lipinski definition) is 5. The summed E-state index contributed by atoms with van der Waals surface area (Å²) < 4.78 is 41.8. The quantitative estimate of drug-likeness (QED) is 0.876. The average Bonchev–Trinajstić information content (AvgIpc) is 2.26. The molecular weight excluding hydrogens is 249 g/mol. The second-order valence-electron chi connectivity index (χ2n) is 3.68. The molecule has 1 aromatic heterocycles. The first-order valence-corrected chi connectivity index (χ1v) is 5.18. The second-order valence-corrected chi connectivity index (χ2v) is 3.68. The summed E-state index contributed by atoms with van der Waals surface area (Å²) in [4.78, 5) is 9.09. The number of nitrogens with one attached hydrogen (secondary N) is 1. The normalized spacial score (nSPS) is 11.4. The van der Waals surface area contributed by atoms with E-state index in [1.165, 1.54) is 20.2 Å². The van der Waals surface area contributed by atoms with Crippen LogP contribution in [0.2, 0.25) is 0 Å². The van der Waals surface area contributed by atoms with Crippen molar-refractivity contribution < 1.29 is 17.9 Å². The van der Waals surface area contributed by atoms with E-state index in [0.29, 0.717) is 11.6 Å².